The van der Waals surface area contributed by atoms with Crippen LogP contribution in [0.15, 0.2) is 47.4 Å². The van der Waals surface area contributed by atoms with Gasteiger partial charge in [-0.25, -0.2) is 15.0 Å². The first-order valence-corrected chi connectivity index (χ1v) is 15.2. The van der Waals surface area contributed by atoms with E-state index in [2.05, 4.69) is 56.1 Å². The van der Waals surface area contributed by atoms with Crippen molar-refractivity contribution >= 4 is 46.1 Å². The maximum atomic E-state index is 5.50. The smallest absolute Gasteiger partial charge is 0.273 e. The number of hydrogen-bond donors (Lipinski definition) is 5. The number of ether oxygens (including phenoxy) is 2. The third-order valence-corrected chi connectivity index (χ3v) is 8.02. The van der Waals surface area contributed by atoms with Crippen LogP contribution in [-0.4, -0.2) is 59.7 Å². The second-order valence-electron chi connectivity index (χ2n) is 9.37. The summed E-state index contributed by atoms with van der Waals surface area (Å²) >= 11 is 3.11. The van der Waals surface area contributed by atoms with Crippen molar-refractivity contribution in [3.05, 3.63) is 75.5 Å². The minimum atomic E-state index is 0.458. The van der Waals surface area contributed by atoms with Gasteiger partial charge in [-0.15, -0.1) is 0 Å². The van der Waals surface area contributed by atoms with Crippen LogP contribution >= 0.6 is 22.7 Å². The lowest BCUT2D eigenvalue weighted by Gasteiger charge is -2.05. The van der Waals surface area contributed by atoms with Gasteiger partial charge in [0.15, 0.2) is 11.6 Å². The van der Waals surface area contributed by atoms with Crippen LogP contribution in [0.4, 0.5) is 23.4 Å². The number of hydrogen-bond acceptors (Lipinski definition) is 15. The van der Waals surface area contributed by atoms with Gasteiger partial charge in [0.1, 0.15) is 11.6 Å². The Morgan fingerprint density at radius 2 is 1.55 bits per heavy atom. The highest BCUT2D eigenvalue weighted by Gasteiger charge is 2.08. The lowest BCUT2D eigenvalue weighted by Crippen LogP contribution is -2.04. The predicted octanol–water partition coefficient (Wildman–Crippen LogP) is 4.34. The Morgan fingerprint density at radius 1 is 0.864 bits per heavy atom. The molecule has 0 saturated carbocycles. The Labute approximate surface area is 260 Å². The van der Waals surface area contributed by atoms with Gasteiger partial charge in [-0.3, -0.25) is 10.2 Å². The number of anilines is 4. The lowest BCUT2D eigenvalue weighted by atomic mass is 10.2. The summed E-state index contributed by atoms with van der Waals surface area (Å²) in [7, 11) is 3.25. The number of aromatic nitrogens is 9. The van der Waals surface area contributed by atoms with Gasteiger partial charge in [-0.1, -0.05) is 27.8 Å². The number of thiazole rings is 2. The number of nitrogens with two attached hydrogens (primary N) is 1. The first-order chi connectivity index (χ1) is 21.4. The molecule has 0 aliphatic rings. The van der Waals surface area contributed by atoms with E-state index in [0.29, 0.717) is 40.3 Å². The Balaban J connectivity index is 0.000000215. The average molecular weight is 637 g/mol. The Hall–Kier alpha value is -5.03. The topological polar surface area (TPSA) is 203 Å². The minimum absolute atomic E-state index is 0.458. The Morgan fingerprint density at radius 3 is 2.14 bits per heavy atom. The molecule has 0 unspecified atom stereocenters. The molecule has 0 atom stereocenters. The molecule has 6 aromatic rings. The van der Waals surface area contributed by atoms with Crippen molar-refractivity contribution < 1.29 is 14.0 Å². The zero-order valence-corrected chi connectivity index (χ0v) is 26.0. The first-order valence-electron chi connectivity index (χ1n) is 13.5. The van der Waals surface area contributed by atoms with E-state index in [-0.39, 0.29) is 0 Å². The molecule has 0 bridgehead atoms. The second-order valence-corrected chi connectivity index (χ2v) is 11.5. The normalized spacial score (nSPS) is 10.7. The van der Waals surface area contributed by atoms with E-state index in [1.54, 1.807) is 49.2 Å². The van der Waals surface area contributed by atoms with Crippen molar-refractivity contribution in [2.75, 3.05) is 30.6 Å². The van der Waals surface area contributed by atoms with E-state index in [1.165, 1.54) is 9.75 Å². The summed E-state index contributed by atoms with van der Waals surface area (Å²) in [6.45, 7) is 2.33. The molecule has 6 aromatic heterocycles. The van der Waals surface area contributed by atoms with Gasteiger partial charge in [-0.2, -0.15) is 15.2 Å². The number of nitrogens with zero attached hydrogens (tertiary/aromatic N) is 7. The third-order valence-electron chi connectivity index (χ3n) is 5.99. The summed E-state index contributed by atoms with van der Waals surface area (Å²) in [4.78, 5) is 19.3. The summed E-state index contributed by atoms with van der Waals surface area (Å²) in [6.07, 6.45) is 8.85. The molecule has 0 aliphatic heterocycles. The summed E-state index contributed by atoms with van der Waals surface area (Å²) in [5.74, 6) is 3.07. The fourth-order valence-corrected chi connectivity index (χ4v) is 5.33. The molecule has 0 radical (unpaired) electrons. The van der Waals surface area contributed by atoms with Crippen molar-refractivity contribution in [1.29, 1.82) is 0 Å². The van der Waals surface area contributed by atoms with Gasteiger partial charge in [0.25, 0.3) is 10.4 Å². The van der Waals surface area contributed by atoms with E-state index in [9.17, 15) is 0 Å². The molecule has 230 valence electrons. The minimum Gasteiger partial charge on any atom is -0.473 e. The molecule has 6 N–H and O–H groups in total. The van der Waals surface area contributed by atoms with Crippen LogP contribution in [0.5, 0.6) is 10.4 Å². The number of nitrogen functional groups attached to an aromatic ring is 1. The van der Waals surface area contributed by atoms with Gasteiger partial charge in [0.05, 0.1) is 26.5 Å². The van der Waals surface area contributed by atoms with Gasteiger partial charge in [-0.05, 0) is 38.7 Å². The highest BCUT2D eigenvalue weighted by Crippen LogP contribution is 2.23. The van der Waals surface area contributed by atoms with Crippen molar-refractivity contribution in [3.8, 4) is 10.4 Å². The van der Waals surface area contributed by atoms with Crippen LogP contribution in [0.2, 0.25) is 0 Å². The number of methoxy groups -OCH3 is 2. The summed E-state index contributed by atoms with van der Waals surface area (Å²) in [6, 6.07) is 7.45. The summed E-state index contributed by atoms with van der Waals surface area (Å²) < 4.78 is 15.3. The molecule has 44 heavy (non-hydrogen) atoms. The van der Waals surface area contributed by atoms with Crippen molar-refractivity contribution in [3.63, 3.8) is 0 Å². The molecule has 17 heteroatoms. The number of rotatable bonds is 13. The monoisotopic (exact) mass is 636 g/mol. The standard InChI is InChI=1S/C18H20N8O2S.C9H12N4OS/c1-11-7-13(28-26-11)9-20-17-19-6-5-15(23-17)22-16-8-12(24-25-16)3-4-14-10-21-18(27-2)29-14;1-14-9-11-5-7(15-9)3-2-6-4-8(10)13-12-6/h5-8,10H,3-4,9H2,1-2H3,(H3,19,20,22,23,24,25);4-5H,2-3H2,1H3,(H3,10,12,13). The maximum absolute atomic E-state index is 5.50. The molecule has 15 nitrogen and oxygen atoms in total. The van der Waals surface area contributed by atoms with Crippen molar-refractivity contribution in [2.45, 2.75) is 39.2 Å². The summed E-state index contributed by atoms with van der Waals surface area (Å²) in [5, 5.41) is 25.6. The molecule has 0 saturated heterocycles. The van der Waals surface area contributed by atoms with E-state index in [1.807, 2.05) is 37.5 Å². The highest BCUT2D eigenvalue weighted by molar-refractivity contribution is 7.13. The van der Waals surface area contributed by atoms with Gasteiger partial charge >= 0.3 is 0 Å². The van der Waals surface area contributed by atoms with Crippen molar-refractivity contribution in [2.24, 2.45) is 0 Å². The zero-order chi connectivity index (χ0) is 30.7. The van der Waals surface area contributed by atoms with Crippen LogP contribution in [0, 0.1) is 6.92 Å². The molecule has 0 aliphatic carbocycles. The molecule has 0 amide bonds. The van der Waals surface area contributed by atoms with Crippen LogP contribution in [0.25, 0.3) is 0 Å². The highest BCUT2D eigenvalue weighted by atomic mass is 32.1. The fraction of sp³-hybridized carbons (Fsp3) is 0.296. The van der Waals surface area contributed by atoms with Gasteiger partial charge in [0.2, 0.25) is 5.95 Å². The number of nitrogens with one attached hydrogen (secondary N) is 4. The molecule has 6 heterocycles. The van der Waals surface area contributed by atoms with Crippen LogP contribution in [0.3, 0.4) is 0 Å². The Bertz CT molecular complexity index is 1740. The van der Waals surface area contributed by atoms with E-state index < -0.39 is 0 Å². The second kappa shape index (κ2) is 14.9. The van der Waals surface area contributed by atoms with Crippen LogP contribution in [0.1, 0.15) is 32.6 Å². The van der Waals surface area contributed by atoms with Crippen molar-refractivity contribution in [1.82, 2.24) is 45.5 Å². The maximum Gasteiger partial charge on any atom is 0.273 e. The SMILES string of the molecule is COc1ncc(CCc2cc(N)n[nH]2)s1.COc1ncc(CCc2cc(Nc3ccnc(NCc4cc(C)no4)n3)n[nH]2)s1. The van der Waals surface area contributed by atoms with Gasteiger partial charge < -0.3 is 30.4 Å². The quantitative estimate of drug-likeness (QED) is 0.120. The molecular weight excluding hydrogens is 605 g/mol. The number of aromatic amines is 2. The van der Waals surface area contributed by atoms with E-state index in [0.717, 1.165) is 48.5 Å². The zero-order valence-electron chi connectivity index (χ0n) is 24.3. The molecule has 0 fully saturated rings. The third kappa shape index (κ3) is 8.98. The number of aryl methyl sites for hydroxylation is 5. The molecule has 6 rings (SSSR count). The van der Waals surface area contributed by atoms with E-state index >= 15 is 0 Å². The molecular formula is C27H32N12O3S2. The Kier molecular flexibility index (Phi) is 10.3. The van der Waals surface area contributed by atoms with Gasteiger partial charge in [0, 0.05) is 57.9 Å². The first kappa shape index (κ1) is 30.4. The van der Waals surface area contributed by atoms with E-state index in [4.69, 9.17) is 19.7 Å². The fourth-order valence-electron chi connectivity index (χ4n) is 3.89. The lowest BCUT2D eigenvalue weighted by molar-refractivity contribution is 0.384. The summed E-state index contributed by atoms with van der Waals surface area (Å²) in [5.41, 5.74) is 8.40. The molecule has 0 spiro atoms. The molecule has 0 aromatic carbocycles. The van der Waals surface area contributed by atoms with Crippen LogP contribution in [-0.2, 0) is 32.2 Å². The average Bonchev–Trinajstić information content (AvgIpc) is 3.87. The predicted molar refractivity (Wildman–Crippen MR) is 168 cm³/mol. The van der Waals surface area contributed by atoms with Crippen LogP contribution < -0.4 is 25.8 Å². The number of H-pyrrole nitrogens is 2. The largest absolute Gasteiger partial charge is 0.473 e.